The second-order valence-corrected chi connectivity index (χ2v) is 8.56. The molecular weight excluding hydrogens is 428 g/mol. The van der Waals surface area contributed by atoms with Crippen molar-refractivity contribution in [2.75, 3.05) is 18.6 Å². The van der Waals surface area contributed by atoms with Crippen molar-refractivity contribution in [3.8, 4) is 5.75 Å². The van der Waals surface area contributed by atoms with Crippen molar-refractivity contribution in [1.29, 1.82) is 0 Å². The monoisotopic (exact) mass is 448 g/mol. The summed E-state index contributed by atoms with van der Waals surface area (Å²) >= 11 is 6.19. The van der Waals surface area contributed by atoms with Crippen molar-refractivity contribution in [2.24, 2.45) is 11.8 Å². The lowest BCUT2D eigenvalue weighted by atomic mass is 9.86. The minimum Gasteiger partial charge on any atom is -0.497 e. The summed E-state index contributed by atoms with van der Waals surface area (Å²) in [6.45, 7) is 3.80. The predicted molar refractivity (Wildman–Crippen MR) is 122 cm³/mol. The van der Waals surface area contributed by atoms with Crippen LogP contribution in [0.2, 0.25) is 5.02 Å². The first-order valence-corrected chi connectivity index (χ1v) is 10.7. The van der Waals surface area contributed by atoms with Crippen LogP contribution in [0.25, 0.3) is 6.08 Å². The lowest BCUT2D eigenvalue weighted by Gasteiger charge is -2.36. The van der Waals surface area contributed by atoms with Crippen LogP contribution in [0.3, 0.4) is 0 Å². The van der Waals surface area contributed by atoms with E-state index in [4.69, 9.17) is 16.3 Å². The predicted octanol–water partition coefficient (Wildman–Crippen LogP) is 3.60. The molecule has 0 aromatic heterocycles. The van der Waals surface area contributed by atoms with Crippen LogP contribution in [-0.2, 0) is 9.59 Å². The molecule has 2 aromatic rings. The topological polar surface area (TPSA) is 66.9 Å². The van der Waals surface area contributed by atoms with E-state index in [0.717, 1.165) is 11.3 Å². The number of nitrogens with zero attached hydrogens (tertiary/aromatic N) is 2. The average molecular weight is 449 g/mol. The average Bonchev–Trinajstić information content (AvgIpc) is 3.27. The van der Waals surface area contributed by atoms with E-state index in [9.17, 15) is 14.4 Å². The van der Waals surface area contributed by atoms with Gasteiger partial charge in [-0.25, -0.2) is 0 Å². The number of carbonyl (C=O) groups is 3. The highest BCUT2D eigenvalue weighted by Crippen LogP contribution is 2.49. The molecule has 0 N–H and O–H groups in total. The zero-order valence-corrected chi connectivity index (χ0v) is 18.2. The Morgan fingerprint density at radius 2 is 1.94 bits per heavy atom. The molecule has 6 nitrogen and oxygen atoms in total. The number of methoxy groups -OCH3 is 1. The number of ether oxygens (including phenoxy) is 1. The number of rotatable bonds is 5. The fourth-order valence-corrected chi connectivity index (χ4v) is 5.34. The minimum atomic E-state index is -0.826. The summed E-state index contributed by atoms with van der Waals surface area (Å²) in [6.07, 6.45) is 5.34. The second kappa shape index (κ2) is 7.64. The van der Waals surface area contributed by atoms with Gasteiger partial charge in [-0.15, -0.1) is 6.58 Å². The fraction of sp³-hybridized carbons (Fsp3) is 0.240. The number of carbonyl (C=O) groups excluding carboxylic acids is 3. The van der Waals surface area contributed by atoms with E-state index >= 15 is 0 Å². The molecule has 0 spiro atoms. The number of benzene rings is 2. The molecule has 2 fully saturated rings. The number of fused-ring (bicyclic) bond motifs is 5. The first-order chi connectivity index (χ1) is 15.5. The van der Waals surface area contributed by atoms with E-state index in [1.165, 1.54) is 18.1 Å². The van der Waals surface area contributed by atoms with Gasteiger partial charge in [-0.05, 0) is 35.9 Å². The summed E-state index contributed by atoms with van der Waals surface area (Å²) in [6, 6.07) is 11.1. The lowest BCUT2D eigenvalue weighted by Crippen LogP contribution is -2.48. The molecule has 0 radical (unpaired) electrons. The van der Waals surface area contributed by atoms with Gasteiger partial charge in [0.2, 0.25) is 11.8 Å². The van der Waals surface area contributed by atoms with Gasteiger partial charge in [0.1, 0.15) is 11.8 Å². The number of ketones is 1. The third-order valence-corrected chi connectivity index (χ3v) is 6.73. The van der Waals surface area contributed by atoms with Gasteiger partial charge in [0.05, 0.1) is 25.0 Å². The molecule has 2 unspecified atom stereocenters. The van der Waals surface area contributed by atoms with Gasteiger partial charge in [-0.1, -0.05) is 42.0 Å². The maximum absolute atomic E-state index is 13.9. The van der Waals surface area contributed by atoms with E-state index in [2.05, 4.69) is 6.58 Å². The summed E-state index contributed by atoms with van der Waals surface area (Å²) in [4.78, 5) is 43.6. The number of hydrogen-bond acceptors (Lipinski definition) is 5. The first-order valence-electron chi connectivity index (χ1n) is 10.4. The summed E-state index contributed by atoms with van der Waals surface area (Å²) in [5.74, 6) is -1.69. The third-order valence-electron chi connectivity index (χ3n) is 6.49. The first kappa shape index (κ1) is 20.5. The largest absolute Gasteiger partial charge is 0.497 e. The Bertz CT molecular complexity index is 1190. The zero-order valence-electron chi connectivity index (χ0n) is 17.4. The smallest absolute Gasteiger partial charge is 0.236 e. The highest BCUT2D eigenvalue weighted by molar-refractivity contribution is 6.30. The zero-order chi connectivity index (χ0) is 22.6. The Labute approximate surface area is 190 Å². The number of likely N-dealkylation sites (tertiary alicyclic amines) is 1. The van der Waals surface area contributed by atoms with Crippen LogP contribution in [-0.4, -0.2) is 48.2 Å². The Morgan fingerprint density at radius 1 is 1.16 bits per heavy atom. The van der Waals surface area contributed by atoms with Gasteiger partial charge >= 0.3 is 0 Å². The number of Topliss-reactive ketones (excluding diaryl/α,β-unsaturated/α-hetero) is 1. The molecule has 3 aliphatic heterocycles. The molecule has 32 heavy (non-hydrogen) atoms. The molecule has 0 saturated carbocycles. The van der Waals surface area contributed by atoms with Gasteiger partial charge in [0, 0.05) is 22.8 Å². The van der Waals surface area contributed by atoms with Gasteiger partial charge in [0.15, 0.2) is 5.78 Å². The molecule has 3 heterocycles. The van der Waals surface area contributed by atoms with E-state index in [0.29, 0.717) is 16.3 Å². The van der Waals surface area contributed by atoms with Crippen LogP contribution in [0.4, 0.5) is 5.69 Å². The molecule has 162 valence electrons. The normalized spacial score (nSPS) is 25.4. The van der Waals surface area contributed by atoms with E-state index in [1.54, 1.807) is 30.3 Å². The summed E-state index contributed by atoms with van der Waals surface area (Å²) in [5, 5.41) is 0.575. The van der Waals surface area contributed by atoms with Crippen LogP contribution in [0.15, 0.2) is 61.2 Å². The van der Waals surface area contributed by atoms with Gasteiger partial charge in [0.25, 0.3) is 0 Å². The van der Waals surface area contributed by atoms with Crippen molar-refractivity contribution in [3.63, 3.8) is 0 Å². The maximum Gasteiger partial charge on any atom is 0.236 e. The molecule has 3 aliphatic rings. The molecule has 0 aliphatic carbocycles. The number of imide groups is 1. The Kier molecular flexibility index (Phi) is 4.90. The molecule has 4 atom stereocenters. The fourth-order valence-electron chi connectivity index (χ4n) is 5.16. The molecule has 2 saturated heterocycles. The van der Waals surface area contributed by atoms with Crippen molar-refractivity contribution in [1.82, 2.24) is 4.90 Å². The van der Waals surface area contributed by atoms with E-state index < -0.39 is 23.9 Å². The molecular formula is C25H21ClN2O4. The minimum absolute atomic E-state index is 0.132. The van der Waals surface area contributed by atoms with Gasteiger partial charge in [-0.2, -0.15) is 0 Å². The van der Waals surface area contributed by atoms with Crippen molar-refractivity contribution >= 4 is 41.0 Å². The Balaban J connectivity index is 1.66. The Morgan fingerprint density at radius 3 is 2.69 bits per heavy atom. The number of hydrogen-bond donors (Lipinski definition) is 0. The highest BCUT2D eigenvalue weighted by Gasteiger charge is 2.63. The van der Waals surface area contributed by atoms with Crippen LogP contribution in [0.5, 0.6) is 5.75 Å². The van der Waals surface area contributed by atoms with Gasteiger partial charge in [-0.3, -0.25) is 19.3 Å². The molecule has 5 rings (SSSR count). The van der Waals surface area contributed by atoms with Crippen LogP contribution >= 0.6 is 11.6 Å². The number of halogens is 1. The lowest BCUT2D eigenvalue weighted by molar-refractivity contribution is -0.139. The van der Waals surface area contributed by atoms with Crippen LogP contribution in [0.1, 0.15) is 15.9 Å². The summed E-state index contributed by atoms with van der Waals surface area (Å²) < 4.78 is 5.29. The standard InChI is InChI=1S/C25H21ClN2O4/c1-3-11-27-24(30)20-19-9-7-14-12-16(26)8-10-18(14)28(19)22(21(20)25(27)31)23(29)15-5-4-6-17(13-15)32-2/h3-10,12-13,19-22H,1,11H2,2H3/t19?,20-,21-,22?/m0/s1. The van der Waals surface area contributed by atoms with Crippen molar-refractivity contribution < 1.29 is 19.1 Å². The van der Waals surface area contributed by atoms with Crippen LogP contribution < -0.4 is 9.64 Å². The van der Waals surface area contributed by atoms with Crippen LogP contribution in [0, 0.1) is 11.8 Å². The quantitative estimate of drug-likeness (QED) is 0.397. The summed E-state index contributed by atoms with van der Waals surface area (Å²) in [5.41, 5.74) is 2.06. The second-order valence-electron chi connectivity index (χ2n) is 8.13. The number of amides is 2. The van der Waals surface area contributed by atoms with Crippen molar-refractivity contribution in [3.05, 3.63) is 77.3 Å². The van der Waals surface area contributed by atoms with E-state index in [1.807, 2.05) is 29.2 Å². The van der Waals surface area contributed by atoms with Gasteiger partial charge < -0.3 is 9.64 Å². The maximum atomic E-state index is 13.9. The molecule has 7 heteroatoms. The highest BCUT2D eigenvalue weighted by atomic mass is 35.5. The third kappa shape index (κ3) is 2.90. The van der Waals surface area contributed by atoms with E-state index in [-0.39, 0.29) is 24.1 Å². The van der Waals surface area contributed by atoms with Crippen molar-refractivity contribution in [2.45, 2.75) is 12.1 Å². The molecule has 2 aromatic carbocycles. The summed E-state index contributed by atoms with van der Waals surface area (Å²) in [7, 11) is 1.53. The SMILES string of the molecule is C=CCN1C(=O)[C@@H]2C(C(=O)c3cccc(OC)c3)N3c4ccc(Cl)cc4C=CC3[C@@H]2C1=O. The number of anilines is 1. The molecule has 2 amide bonds. The molecule has 0 bridgehead atoms. The Hall–Kier alpha value is -3.38.